The van der Waals surface area contributed by atoms with Gasteiger partial charge in [-0.25, -0.2) is 18.2 Å². The largest absolute Gasteiger partial charge is 0.457 e. The van der Waals surface area contributed by atoms with Crippen LogP contribution in [0.3, 0.4) is 0 Å². The van der Waals surface area contributed by atoms with Gasteiger partial charge in [0.2, 0.25) is 0 Å². The Hall–Kier alpha value is -1.50. The van der Waals surface area contributed by atoms with E-state index >= 15 is 0 Å². The predicted molar refractivity (Wildman–Crippen MR) is 70.9 cm³/mol. The van der Waals surface area contributed by atoms with Crippen LogP contribution in [-0.2, 0) is 10.3 Å². The van der Waals surface area contributed by atoms with Crippen molar-refractivity contribution in [3.8, 4) is 0 Å². The van der Waals surface area contributed by atoms with Gasteiger partial charge in [-0.1, -0.05) is 22.0 Å². The van der Waals surface area contributed by atoms with Gasteiger partial charge in [-0.15, -0.1) is 0 Å². The molecule has 106 valence electrons. The molecule has 1 aromatic rings. The number of aliphatic imine (C=N–C) groups is 1. The van der Waals surface area contributed by atoms with Gasteiger partial charge in [0, 0.05) is 10.0 Å². The molecule has 1 aliphatic carbocycles. The van der Waals surface area contributed by atoms with E-state index in [0.717, 1.165) is 6.07 Å². The zero-order valence-corrected chi connectivity index (χ0v) is 11.6. The topological polar surface area (TPSA) is 47.6 Å². The number of amidine groups is 1. The van der Waals surface area contributed by atoms with E-state index in [1.54, 1.807) is 12.2 Å². The molecule has 1 aromatic carbocycles. The van der Waals surface area contributed by atoms with Crippen LogP contribution in [0.25, 0.3) is 0 Å². The van der Waals surface area contributed by atoms with Crippen molar-refractivity contribution in [1.29, 1.82) is 0 Å². The van der Waals surface area contributed by atoms with Crippen molar-refractivity contribution in [2.24, 2.45) is 16.6 Å². The van der Waals surface area contributed by atoms with Gasteiger partial charge < -0.3 is 10.5 Å². The first-order valence-electron chi connectivity index (χ1n) is 5.89. The Labute approximate surface area is 121 Å². The number of hydrogen-bond donors (Lipinski definition) is 1. The van der Waals surface area contributed by atoms with Gasteiger partial charge in [-0.3, -0.25) is 0 Å². The molecule has 2 N–H and O–H groups in total. The van der Waals surface area contributed by atoms with Crippen LogP contribution in [0.4, 0.5) is 13.2 Å². The predicted octanol–water partition coefficient (Wildman–Crippen LogP) is 2.95. The van der Waals surface area contributed by atoms with E-state index < -0.39 is 29.8 Å². The maximum absolute atomic E-state index is 14.1. The Morgan fingerprint density at radius 1 is 1.35 bits per heavy atom. The lowest BCUT2D eigenvalue weighted by Gasteiger charge is -2.46. The van der Waals surface area contributed by atoms with E-state index in [2.05, 4.69) is 20.9 Å². The van der Waals surface area contributed by atoms with Crippen molar-refractivity contribution in [2.75, 3.05) is 0 Å². The monoisotopic (exact) mass is 346 g/mol. The van der Waals surface area contributed by atoms with Crippen LogP contribution in [0.1, 0.15) is 5.56 Å². The van der Waals surface area contributed by atoms with E-state index in [0.29, 0.717) is 4.47 Å². The highest BCUT2D eigenvalue weighted by Gasteiger charge is 2.57. The summed E-state index contributed by atoms with van der Waals surface area (Å²) in [6.07, 6.45) is -0.349. The minimum Gasteiger partial charge on any atom is -0.457 e. The third-order valence-electron chi connectivity index (χ3n) is 3.61. The standard InChI is InChI=1S/C13H10BrF3N2O/c14-6-1-3-9(15)8(5-6)13(11(16)17)7-2-4-10(7)20-12(18)19-13/h1-5,7,10-11H,(H2,18,19). The number of nitrogens with zero attached hydrogens (tertiary/aromatic N) is 1. The van der Waals surface area contributed by atoms with Crippen LogP contribution in [0.5, 0.6) is 0 Å². The minimum absolute atomic E-state index is 0.188. The summed E-state index contributed by atoms with van der Waals surface area (Å²) in [7, 11) is 0. The molecule has 0 radical (unpaired) electrons. The van der Waals surface area contributed by atoms with Crippen LogP contribution in [0.2, 0.25) is 0 Å². The molecular weight excluding hydrogens is 337 g/mol. The molecule has 2 aliphatic rings. The Kier molecular flexibility index (Phi) is 3.04. The summed E-state index contributed by atoms with van der Waals surface area (Å²) in [6.45, 7) is 0. The molecular formula is C13H10BrF3N2O. The lowest BCUT2D eigenvalue weighted by Crippen LogP contribution is -2.54. The Balaban J connectivity index is 2.24. The Bertz CT molecular complexity index is 620. The van der Waals surface area contributed by atoms with Gasteiger partial charge in [0.1, 0.15) is 11.9 Å². The molecule has 1 aliphatic heterocycles. The quantitative estimate of drug-likeness (QED) is 0.837. The van der Waals surface area contributed by atoms with Crippen LogP contribution >= 0.6 is 15.9 Å². The van der Waals surface area contributed by atoms with E-state index in [1.165, 1.54) is 12.1 Å². The van der Waals surface area contributed by atoms with Crippen molar-refractivity contribution in [2.45, 2.75) is 18.1 Å². The minimum atomic E-state index is -2.91. The van der Waals surface area contributed by atoms with E-state index in [9.17, 15) is 13.2 Å². The molecule has 3 nitrogen and oxygen atoms in total. The molecule has 0 aromatic heterocycles. The van der Waals surface area contributed by atoms with Crippen LogP contribution in [0.15, 0.2) is 39.8 Å². The van der Waals surface area contributed by atoms with E-state index in [-0.39, 0.29) is 11.6 Å². The lowest BCUT2D eigenvalue weighted by molar-refractivity contribution is -0.0282. The number of rotatable bonds is 2. The molecule has 20 heavy (non-hydrogen) atoms. The summed E-state index contributed by atoms with van der Waals surface area (Å²) in [5.74, 6) is -1.48. The molecule has 3 atom stereocenters. The Morgan fingerprint density at radius 3 is 2.70 bits per heavy atom. The zero-order chi connectivity index (χ0) is 14.5. The number of fused-ring (bicyclic) bond motifs is 1. The van der Waals surface area contributed by atoms with E-state index in [1.807, 2.05) is 0 Å². The van der Waals surface area contributed by atoms with Gasteiger partial charge in [-0.05, 0) is 24.3 Å². The summed E-state index contributed by atoms with van der Waals surface area (Å²) in [5.41, 5.74) is 3.25. The smallest absolute Gasteiger partial charge is 0.283 e. The van der Waals surface area contributed by atoms with Crippen molar-refractivity contribution in [3.63, 3.8) is 0 Å². The molecule has 1 heterocycles. The number of ether oxygens (including phenoxy) is 1. The number of benzene rings is 1. The maximum atomic E-state index is 14.1. The second kappa shape index (κ2) is 4.51. The average molecular weight is 347 g/mol. The first-order chi connectivity index (χ1) is 9.45. The van der Waals surface area contributed by atoms with Crippen LogP contribution < -0.4 is 5.73 Å². The maximum Gasteiger partial charge on any atom is 0.283 e. The first kappa shape index (κ1) is 13.5. The van der Waals surface area contributed by atoms with Crippen molar-refractivity contribution in [1.82, 2.24) is 0 Å². The number of hydrogen-bond acceptors (Lipinski definition) is 3. The summed E-state index contributed by atoms with van der Waals surface area (Å²) >= 11 is 3.16. The summed E-state index contributed by atoms with van der Waals surface area (Å²) in [6, 6.07) is 3.53. The van der Waals surface area contributed by atoms with Gasteiger partial charge in [0.05, 0.1) is 5.92 Å². The fraction of sp³-hybridized carbons (Fsp3) is 0.308. The fourth-order valence-corrected chi connectivity index (χ4v) is 2.96. The van der Waals surface area contributed by atoms with Crippen LogP contribution in [0, 0.1) is 11.7 Å². The molecule has 3 rings (SSSR count). The van der Waals surface area contributed by atoms with Gasteiger partial charge in [-0.2, -0.15) is 0 Å². The second-order valence-corrected chi connectivity index (χ2v) is 5.61. The molecule has 0 fully saturated rings. The summed E-state index contributed by atoms with van der Waals surface area (Å²) in [5, 5.41) is 0. The SMILES string of the molecule is NC1=NC(c2cc(Br)ccc2F)(C(F)F)C2C=CC2O1. The Morgan fingerprint density at radius 2 is 2.10 bits per heavy atom. The summed E-state index contributed by atoms with van der Waals surface area (Å²) in [4.78, 5) is 3.78. The molecule has 0 saturated heterocycles. The normalized spacial score (nSPS) is 31.4. The van der Waals surface area contributed by atoms with Crippen molar-refractivity contribution < 1.29 is 17.9 Å². The molecule has 0 spiro atoms. The van der Waals surface area contributed by atoms with Crippen molar-refractivity contribution in [3.05, 3.63) is 46.2 Å². The van der Waals surface area contributed by atoms with Gasteiger partial charge >= 0.3 is 0 Å². The fourth-order valence-electron chi connectivity index (χ4n) is 2.60. The third kappa shape index (κ3) is 1.76. The zero-order valence-electron chi connectivity index (χ0n) is 10.1. The molecule has 0 amide bonds. The number of nitrogens with two attached hydrogens (primary N) is 1. The number of alkyl halides is 2. The highest BCUT2D eigenvalue weighted by Crippen LogP contribution is 2.49. The average Bonchev–Trinajstić information content (AvgIpc) is 2.35. The van der Waals surface area contributed by atoms with Crippen LogP contribution in [-0.4, -0.2) is 18.6 Å². The van der Waals surface area contributed by atoms with Gasteiger partial charge in [0.15, 0.2) is 5.54 Å². The summed E-state index contributed by atoms with van der Waals surface area (Å²) < 4.78 is 47.3. The molecule has 7 heteroatoms. The third-order valence-corrected chi connectivity index (χ3v) is 4.11. The first-order valence-corrected chi connectivity index (χ1v) is 6.68. The highest BCUT2D eigenvalue weighted by atomic mass is 79.9. The molecule has 0 saturated carbocycles. The molecule has 3 unspecified atom stereocenters. The van der Waals surface area contributed by atoms with Crippen molar-refractivity contribution >= 4 is 22.0 Å². The second-order valence-electron chi connectivity index (χ2n) is 4.69. The highest BCUT2D eigenvalue weighted by molar-refractivity contribution is 9.10. The van der Waals surface area contributed by atoms with E-state index in [4.69, 9.17) is 10.5 Å². The molecule has 0 bridgehead atoms. The van der Waals surface area contributed by atoms with Gasteiger partial charge in [0.25, 0.3) is 12.4 Å². The number of halogens is 4. The lowest BCUT2D eigenvalue weighted by atomic mass is 9.70.